The Bertz CT molecular complexity index is 2180. The summed E-state index contributed by atoms with van der Waals surface area (Å²) in [6.45, 7) is 4.31. The van der Waals surface area contributed by atoms with Crippen LogP contribution >= 0.6 is 0 Å². The van der Waals surface area contributed by atoms with E-state index in [1.165, 1.54) is 13.8 Å². The van der Waals surface area contributed by atoms with E-state index in [-0.39, 0.29) is 73.5 Å². The minimum Gasteiger partial charge on any atom is -0.372 e. The molecule has 4 aliphatic heterocycles. The summed E-state index contributed by atoms with van der Waals surface area (Å²) in [5.41, 5.74) is -5.61. The second-order valence-electron chi connectivity index (χ2n) is 17.7. The van der Waals surface area contributed by atoms with Crippen LogP contribution in [-0.2, 0) is 54.8 Å². The first-order valence-electron chi connectivity index (χ1n) is 21.8. The number of amides is 2. The van der Waals surface area contributed by atoms with Gasteiger partial charge in [-0.25, -0.2) is 0 Å². The van der Waals surface area contributed by atoms with Gasteiger partial charge in [-0.1, -0.05) is 60.7 Å². The Morgan fingerprint density at radius 1 is 0.529 bits per heavy atom. The molecule has 68 heavy (non-hydrogen) atoms. The molecule has 8 rings (SSSR count). The fourth-order valence-electron chi connectivity index (χ4n) is 9.56. The summed E-state index contributed by atoms with van der Waals surface area (Å²) in [5, 5.41) is 5.87. The lowest BCUT2D eigenvalue weighted by atomic mass is 9.78. The van der Waals surface area contributed by atoms with E-state index in [1.807, 2.05) is 70.5 Å². The molecule has 2 amide bonds. The highest BCUT2D eigenvalue weighted by molar-refractivity contribution is 5.80. The molecule has 8 atom stereocenters. The van der Waals surface area contributed by atoms with Gasteiger partial charge in [0.1, 0.15) is 0 Å². The largest absolute Gasteiger partial charge is 0.416 e. The molecule has 4 bridgehead atoms. The Hall–Kier alpha value is -5.18. The van der Waals surface area contributed by atoms with Gasteiger partial charge in [-0.05, 0) is 98.2 Å². The van der Waals surface area contributed by atoms with Crippen molar-refractivity contribution >= 4 is 11.8 Å². The summed E-state index contributed by atoms with van der Waals surface area (Å²) in [6.07, 6.45) is -19.2. The van der Waals surface area contributed by atoms with Crippen LogP contribution < -0.4 is 10.6 Å². The summed E-state index contributed by atoms with van der Waals surface area (Å²) >= 11 is 0. The molecule has 0 saturated carbocycles. The highest BCUT2D eigenvalue weighted by atomic mass is 19.4. The topological polar surface area (TPSA) is 83.1 Å². The Morgan fingerprint density at radius 2 is 0.838 bits per heavy atom. The maximum atomic E-state index is 13.3. The molecule has 8 nitrogen and oxygen atoms in total. The molecule has 368 valence electrons. The summed E-state index contributed by atoms with van der Waals surface area (Å²) in [5.74, 6) is -0.256. The number of hydrogen-bond acceptors (Lipinski definition) is 6. The van der Waals surface area contributed by atoms with Gasteiger partial charge in [-0.3, -0.25) is 19.4 Å². The van der Waals surface area contributed by atoms with Crippen molar-refractivity contribution < 1.29 is 71.7 Å². The lowest BCUT2D eigenvalue weighted by molar-refractivity contribution is -0.145. The van der Waals surface area contributed by atoms with Crippen LogP contribution in [-0.4, -0.2) is 73.1 Å². The number of alkyl halides is 12. The van der Waals surface area contributed by atoms with Crippen molar-refractivity contribution in [2.45, 2.75) is 99.6 Å². The molecule has 4 aromatic carbocycles. The zero-order valence-electron chi connectivity index (χ0n) is 36.7. The summed E-state index contributed by atoms with van der Waals surface area (Å²) in [6, 6.07) is 21.6. The van der Waals surface area contributed by atoms with Crippen LogP contribution in [0.4, 0.5) is 52.7 Å². The van der Waals surface area contributed by atoms with E-state index in [2.05, 4.69) is 10.6 Å². The van der Waals surface area contributed by atoms with Crippen LogP contribution in [0, 0.1) is 0 Å². The molecular formula is C48H48F12N4O4. The molecule has 0 aliphatic carbocycles. The Kier molecular flexibility index (Phi) is 14.4. The van der Waals surface area contributed by atoms with Crippen molar-refractivity contribution in [2.24, 2.45) is 0 Å². The summed E-state index contributed by atoms with van der Waals surface area (Å²) < 4.78 is 171. The number of nitrogens with zero attached hydrogens (tertiary/aromatic N) is 2. The molecule has 4 aromatic rings. The number of carbonyl (C=O) groups is 2. The van der Waals surface area contributed by atoms with Gasteiger partial charge in [0, 0.05) is 25.2 Å². The number of piperazine rings is 2. The number of fused-ring (bicyclic) bond motifs is 4. The fourth-order valence-corrected chi connectivity index (χ4v) is 9.56. The normalized spacial score (nSPS) is 26.1. The predicted molar refractivity (Wildman–Crippen MR) is 223 cm³/mol. The van der Waals surface area contributed by atoms with Crippen molar-refractivity contribution in [3.8, 4) is 0 Å². The third-order valence-electron chi connectivity index (χ3n) is 13.2. The van der Waals surface area contributed by atoms with Gasteiger partial charge in [-0.15, -0.1) is 0 Å². The lowest BCUT2D eigenvalue weighted by Crippen LogP contribution is -2.65. The van der Waals surface area contributed by atoms with Crippen molar-refractivity contribution in [3.05, 3.63) is 142 Å². The van der Waals surface area contributed by atoms with Gasteiger partial charge in [-0.2, -0.15) is 52.7 Å². The molecule has 2 unspecified atom stereocenters. The maximum Gasteiger partial charge on any atom is 0.416 e. The first-order valence-corrected chi connectivity index (χ1v) is 21.8. The Labute approximate surface area is 383 Å². The highest BCUT2D eigenvalue weighted by Crippen LogP contribution is 2.44. The van der Waals surface area contributed by atoms with Crippen molar-refractivity contribution in [1.29, 1.82) is 0 Å². The first-order chi connectivity index (χ1) is 31.8. The summed E-state index contributed by atoms with van der Waals surface area (Å²) in [7, 11) is 0. The number of nitrogens with one attached hydrogen (secondary N) is 2. The monoisotopic (exact) mass is 972 g/mol. The van der Waals surface area contributed by atoms with E-state index in [0.717, 1.165) is 11.1 Å². The second kappa shape index (κ2) is 19.3. The summed E-state index contributed by atoms with van der Waals surface area (Å²) in [4.78, 5) is 28.4. The quantitative estimate of drug-likeness (QED) is 0.154. The number of benzene rings is 4. The standard InChI is InChI=1S/2C24H24F6N2O2/c2*1-15(16-9-18(23(25,26)27)11-19(10-16)24(28,29)30)34-14-22(17-5-3-2-4-6-17)8-7-20-12-32(22)13-21(33)31-20/h2*2-6,9-11,15,20H,7-8,12-14H2,1H3,(H,31,33)/t15-,20+,22-;15-,20-,22-/m11/s1. The molecule has 2 N–H and O–H groups in total. The molecule has 0 aromatic heterocycles. The Balaban J connectivity index is 0.000000201. The molecule has 4 fully saturated rings. The maximum absolute atomic E-state index is 13.3. The molecule has 4 heterocycles. The molecule has 4 saturated heterocycles. The van der Waals surface area contributed by atoms with Gasteiger partial charge in [0.15, 0.2) is 0 Å². The Morgan fingerprint density at radius 3 is 1.13 bits per heavy atom. The lowest BCUT2D eigenvalue weighted by Gasteiger charge is -2.52. The predicted octanol–water partition coefficient (Wildman–Crippen LogP) is 10.6. The van der Waals surface area contributed by atoms with Crippen LogP contribution in [0.5, 0.6) is 0 Å². The SMILES string of the molecule is C[C@@H](OC[C@@]1(c2ccccc2)CC[C@@H]2CN1CC(=O)N2)c1cc(C(F)(F)F)cc(C(F)(F)F)c1.C[C@@H](OC[C@@]1(c2ccccc2)CC[C@H]2CN1CC(=O)N2)c1cc(C(F)(F)F)cc(C(F)(F)F)c1. The molecule has 0 spiro atoms. The second-order valence-corrected chi connectivity index (χ2v) is 17.7. The molecule has 4 aliphatic rings. The van der Waals surface area contributed by atoms with Crippen molar-refractivity contribution in [2.75, 3.05) is 39.4 Å². The molecule has 0 radical (unpaired) electrons. The average molecular weight is 973 g/mol. The van der Waals surface area contributed by atoms with E-state index >= 15 is 0 Å². The van der Waals surface area contributed by atoms with Crippen LogP contribution in [0.3, 0.4) is 0 Å². The third kappa shape index (κ3) is 11.3. The number of ether oxygens (including phenoxy) is 2. The van der Waals surface area contributed by atoms with Crippen molar-refractivity contribution in [3.63, 3.8) is 0 Å². The van der Waals surface area contributed by atoms with Crippen LogP contribution in [0.1, 0.15) is 96.2 Å². The zero-order chi connectivity index (χ0) is 49.5. The minimum absolute atomic E-state index is 0.00618. The highest BCUT2D eigenvalue weighted by Gasteiger charge is 2.49. The van der Waals surface area contributed by atoms with Crippen molar-refractivity contribution in [1.82, 2.24) is 20.4 Å². The van der Waals surface area contributed by atoms with E-state index < -0.39 is 70.2 Å². The first kappa shape index (κ1) is 50.7. The number of rotatable bonds is 10. The molecule has 20 heteroatoms. The van der Waals surface area contributed by atoms with Gasteiger partial charge < -0.3 is 20.1 Å². The van der Waals surface area contributed by atoms with Gasteiger partial charge in [0.25, 0.3) is 0 Å². The fraction of sp³-hybridized carbons (Fsp3) is 0.458. The number of piperidine rings is 2. The third-order valence-corrected chi connectivity index (χ3v) is 13.2. The van der Waals surface area contributed by atoms with Gasteiger partial charge in [0.2, 0.25) is 11.8 Å². The van der Waals surface area contributed by atoms with Crippen LogP contribution in [0.15, 0.2) is 97.1 Å². The van der Waals surface area contributed by atoms with E-state index in [9.17, 15) is 62.3 Å². The van der Waals surface area contributed by atoms with Gasteiger partial charge >= 0.3 is 24.7 Å². The number of hydrogen-bond donors (Lipinski definition) is 2. The van der Waals surface area contributed by atoms with E-state index in [4.69, 9.17) is 9.47 Å². The van der Waals surface area contributed by atoms with E-state index in [1.54, 1.807) is 0 Å². The van der Waals surface area contributed by atoms with E-state index in [0.29, 0.717) is 63.0 Å². The van der Waals surface area contributed by atoms with Crippen LogP contribution in [0.2, 0.25) is 0 Å². The van der Waals surface area contributed by atoms with Crippen LogP contribution in [0.25, 0.3) is 0 Å². The smallest absolute Gasteiger partial charge is 0.372 e. The van der Waals surface area contributed by atoms with Gasteiger partial charge in [0.05, 0.1) is 71.8 Å². The molecular weight excluding hydrogens is 925 g/mol. The number of carbonyl (C=O) groups excluding carboxylic acids is 2. The zero-order valence-corrected chi connectivity index (χ0v) is 36.7. The average Bonchev–Trinajstić information content (AvgIpc) is 3.28. The number of halogens is 12. The minimum atomic E-state index is -4.93.